The number of quaternary nitrogens is 1. The molecule has 0 bridgehead atoms. The maximum Gasteiger partial charge on any atom is 0.417 e. The number of ketones is 2. The van der Waals surface area contributed by atoms with E-state index in [1.54, 1.807) is 39.2 Å². The number of hydrogen-bond acceptors (Lipinski definition) is 10. The van der Waals surface area contributed by atoms with Gasteiger partial charge >= 0.3 is 11.7 Å². The molecule has 3 aliphatic rings. The molecule has 0 radical (unpaired) electrons. The number of likely N-dealkylation sites (N-methyl/N-ethyl adjacent to an activating group) is 1. The molecule has 190 valence electrons. The fourth-order valence-corrected chi connectivity index (χ4v) is 6.14. The van der Waals surface area contributed by atoms with Crippen LogP contribution in [-0.4, -0.2) is 82.5 Å². The zero-order valence-corrected chi connectivity index (χ0v) is 20.2. The first-order valence-electron chi connectivity index (χ1n) is 11.4. The van der Waals surface area contributed by atoms with E-state index in [2.05, 4.69) is 10.7 Å². The number of nitrogens with zero attached hydrogens (tertiary/aromatic N) is 2. The van der Waals surface area contributed by atoms with Crippen molar-refractivity contribution in [2.45, 2.75) is 24.5 Å². The highest BCUT2D eigenvalue weighted by Gasteiger charge is 2.64. The highest BCUT2D eigenvalue weighted by Crippen LogP contribution is 2.53. The first-order chi connectivity index (χ1) is 16.8. The number of hydrogen-bond donors (Lipinski definition) is 5. The van der Waals surface area contributed by atoms with Crippen molar-refractivity contribution in [3.8, 4) is 0 Å². The number of fused-ring (bicyclic) bond motifs is 5. The van der Waals surface area contributed by atoms with Crippen LogP contribution in [0.2, 0.25) is 0 Å². The van der Waals surface area contributed by atoms with E-state index < -0.39 is 63.8 Å². The molecule has 12 nitrogen and oxygen atoms in total. The van der Waals surface area contributed by atoms with Gasteiger partial charge in [-0.15, -0.1) is 0 Å². The molecule has 0 saturated heterocycles. The molecule has 1 heterocycles. The third-order valence-corrected chi connectivity index (χ3v) is 7.62. The van der Waals surface area contributed by atoms with E-state index in [0.29, 0.717) is 16.8 Å². The summed E-state index contributed by atoms with van der Waals surface area (Å²) in [5, 5.41) is 34.1. The van der Waals surface area contributed by atoms with Crippen LogP contribution in [0.25, 0.3) is 16.9 Å². The lowest BCUT2D eigenvalue weighted by Crippen LogP contribution is -2.68. The second kappa shape index (κ2) is 7.63. The molecule has 5 rings (SSSR count). The minimum atomic E-state index is -2.62. The van der Waals surface area contributed by atoms with E-state index in [-0.39, 0.29) is 29.6 Å². The summed E-state index contributed by atoms with van der Waals surface area (Å²) >= 11 is 0. The van der Waals surface area contributed by atoms with Crippen molar-refractivity contribution in [3.63, 3.8) is 0 Å². The van der Waals surface area contributed by atoms with Crippen molar-refractivity contribution in [1.82, 2.24) is 9.88 Å². The fourth-order valence-electron chi connectivity index (χ4n) is 6.14. The Hall–Kier alpha value is -3.74. The van der Waals surface area contributed by atoms with Crippen molar-refractivity contribution in [1.29, 1.82) is 0 Å². The van der Waals surface area contributed by atoms with Gasteiger partial charge in [0, 0.05) is 31.3 Å². The molecule has 2 aromatic rings. The van der Waals surface area contributed by atoms with Gasteiger partial charge in [0.25, 0.3) is 0 Å². The van der Waals surface area contributed by atoms with Gasteiger partial charge in [-0.05, 0) is 44.5 Å². The summed E-state index contributed by atoms with van der Waals surface area (Å²) in [7, 11) is 6.75. The average molecular weight is 500 g/mol. The molecule has 7 N–H and O–H groups in total. The van der Waals surface area contributed by atoms with Crippen LogP contribution in [0.4, 0.5) is 5.69 Å². The molecule has 4 atom stereocenters. The van der Waals surface area contributed by atoms with Crippen LogP contribution in [0.5, 0.6) is 0 Å². The second-order valence-corrected chi connectivity index (χ2v) is 10.1. The maximum absolute atomic E-state index is 13.9. The number of rotatable bonds is 3. The molecule has 12 heteroatoms. The van der Waals surface area contributed by atoms with Gasteiger partial charge in [0.2, 0.25) is 5.78 Å². The Morgan fingerprint density at radius 1 is 1.19 bits per heavy atom. The molecule has 4 unspecified atom stereocenters. The van der Waals surface area contributed by atoms with Gasteiger partial charge in [0.15, 0.2) is 28.3 Å². The summed E-state index contributed by atoms with van der Waals surface area (Å²) in [4.78, 5) is 57.1. The highest BCUT2D eigenvalue weighted by molar-refractivity contribution is 6.22. The van der Waals surface area contributed by atoms with Gasteiger partial charge in [-0.25, -0.2) is 9.59 Å². The predicted octanol–water partition coefficient (Wildman–Crippen LogP) is -0.958. The predicted molar refractivity (Wildman–Crippen MR) is 126 cm³/mol. The Morgan fingerprint density at radius 3 is 2.44 bits per heavy atom. The van der Waals surface area contributed by atoms with Gasteiger partial charge in [-0.3, -0.25) is 25.2 Å². The number of Topliss-reactive ketones (excluding diaryl/α,β-unsaturated/α-hetero) is 2. The lowest BCUT2D eigenvalue weighted by atomic mass is 9.57. The summed E-state index contributed by atoms with van der Waals surface area (Å²) in [5.74, 6) is -6.73. The molecule has 1 aromatic heterocycles. The quantitative estimate of drug-likeness (QED) is 0.329. The van der Waals surface area contributed by atoms with E-state index >= 15 is 0 Å². The Labute approximate surface area is 204 Å². The minimum absolute atomic E-state index is 0.0559. The van der Waals surface area contributed by atoms with Crippen LogP contribution in [0, 0.1) is 11.8 Å². The number of oxazole rings is 1. The van der Waals surface area contributed by atoms with Crippen LogP contribution in [0.15, 0.2) is 32.2 Å². The summed E-state index contributed by atoms with van der Waals surface area (Å²) in [5.41, 5.74) is 1.54. The van der Waals surface area contributed by atoms with E-state index in [9.17, 15) is 34.5 Å². The average Bonchev–Trinajstić information content (AvgIpc) is 3.14. The number of aliphatic hydroxyl groups excluding tert-OH is 2. The number of aliphatic hydroxyl groups is 3. The van der Waals surface area contributed by atoms with E-state index in [0.717, 1.165) is 0 Å². The summed E-state index contributed by atoms with van der Waals surface area (Å²) < 4.78 is 5.29. The second-order valence-electron chi connectivity index (χ2n) is 10.1. The number of amides is 1. The lowest BCUT2D eigenvalue weighted by Gasteiger charge is -2.50. The minimum Gasteiger partial charge on any atom is -0.508 e. The molecule has 0 spiro atoms. The van der Waals surface area contributed by atoms with Crippen LogP contribution in [0.1, 0.15) is 17.5 Å². The van der Waals surface area contributed by atoms with E-state index in [4.69, 9.17) is 4.42 Å². The maximum atomic E-state index is 13.9. The number of carbonyl (C=O) groups is 3. The standard InChI is InChI=1S/C24H26N4O8/c1-27(2)12-7-11-19(36-23(34)26-11)14-9(12)5-8-6-10-16(28(3)4)18(30)15(22(25)33)21(32)24(10,35)20(31)13(8)17(14)29/h7-8,10,16,29,32,35H,5-6H2,1-4H3,(H2,25,33)(H,26,34)/p+1. The fraction of sp³-hybridized carbons (Fsp3) is 0.417. The molecule has 0 aliphatic heterocycles. The smallest absolute Gasteiger partial charge is 0.417 e. The topological polar surface area (TPSA) is 192 Å². The number of benzene rings is 1. The monoisotopic (exact) mass is 499 g/mol. The molecular weight excluding hydrogens is 472 g/mol. The number of carbonyl (C=O) groups excluding carboxylic acids is 3. The Morgan fingerprint density at radius 2 is 1.86 bits per heavy atom. The van der Waals surface area contributed by atoms with Crippen LogP contribution < -0.4 is 16.4 Å². The van der Waals surface area contributed by atoms with Crippen LogP contribution >= 0.6 is 0 Å². The van der Waals surface area contributed by atoms with E-state index in [1.807, 2.05) is 0 Å². The van der Waals surface area contributed by atoms with Gasteiger partial charge in [0.1, 0.15) is 5.76 Å². The molecule has 1 aromatic carbocycles. The van der Waals surface area contributed by atoms with Gasteiger partial charge < -0.3 is 24.6 Å². The molecule has 36 heavy (non-hydrogen) atoms. The van der Waals surface area contributed by atoms with Gasteiger partial charge in [-0.2, -0.15) is 0 Å². The number of H-pyrrole nitrogens is 1. The van der Waals surface area contributed by atoms with Crippen molar-refractivity contribution in [2.75, 3.05) is 33.1 Å². The van der Waals surface area contributed by atoms with Crippen LogP contribution in [0.3, 0.4) is 0 Å². The molecule has 1 fully saturated rings. The number of aromatic amines is 1. The van der Waals surface area contributed by atoms with Crippen LogP contribution in [-0.2, 0) is 20.8 Å². The Kier molecular flexibility index (Phi) is 5.08. The molecule has 3 aliphatic carbocycles. The van der Waals surface area contributed by atoms with Crippen molar-refractivity contribution in [3.05, 3.63) is 44.6 Å². The van der Waals surface area contributed by atoms with E-state index in [1.165, 1.54) is 4.90 Å². The van der Waals surface area contributed by atoms with Crippen molar-refractivity contribution < 1.29 is 39.9 Å². The summed E-state index contributed by atoms with van der Waals surface area (Å²) in [6, 6.07) is 0.630. The van der Waals surface area contributed by atoms with Gasteiger partial charge in [-0.1, -0.05) is 0 Å². The normalized spacial score (nSPS) is 27.9. The van der Waals surface area contributed by atoms with Gasteiger partial charge in [0.05, 0.1) is 17.1 Å². The lowest BCUT2D eigenvalue weighted by molar-refractivity contribution is -0.299. The Balaban J connectivity index is 1.81. The number of aromatic nitrogens is 1. The molecular formula is C24H27N4O8+. The summed E-state index contributed by atoms with van der Waals surface area (Å²) in [6.45, 7) is 0. The van der Waals surface area contributed by atoms with Crippen molar-refractivity contribution in [2.24, 2.45) is 11.8 Å². The molecule has 1 saturated carbocycles. The third-order valence-electron chi connectivity index (χ3n) is 7.62. The Bertz CT molecular complexity index is 1490. The largest absolute Gasteiger partial charge is 0.508 e. The molecule has 1 amide bonds. The third kappa shape index (κ3) is 2.92. The summed E-state index contributed by atoms with van der Waals surface area (Å²) in [6.07, 6.45) is 0.297. The first-order valence-corrected chi connectivity index (χ1v) is 11.4. The van der Waals surface area contributed by atoms with Crippen molar-refractivity contribution >= 4 is 40.0 Å². The first kappa shape index (κ1) is 24.0. The highest BCUT2D eigenvalue weighted by atomic mass is 16.4. The zero-order chi connectivity index (χ0) is 26.4. The zero-order valence-electron chi connectivity index (χ0n) is 20.2. The number of nitrogens with one attached hydrogen (secondary N) is 1. The number of anilines is 1. The SMILES string of the molecule is CN(C)c1cc2[nH]c(=O)oc2c2c1CC1CC3C(N(C)C)C(=O)C(C([NH3+])=O)=C(O)C3(O)C(=O)C1=C2O.